The van der Waals surface area contributed by atoms with Crippen LogP contribution >= 0.6 is 0 Å². The van der Waals surface area contributed by atoms with Crippen LogP contribution in [0.4, 0.5) is 0 Å². The molecule has 0 aromatic carbocycles. The van der Waals surface area contributed by atoms with Crippen LogP contribution in [0.3, 0.4) is 0 Å². The molecule has 0 radical (unpaired) electrons. The Labute approximate surface area is 53.2 Å². The van der Waals surface area contributed by atoms with E-state index < -0.39 is 0 Å². The van der Waals surface area contributed by atoms with Gasteiger partial charge in [-0.05, 0) is 6.07 Å². The molecule has 2 N–H and O–H groups in total. The Bertz CT molecular complexity index is 166. The van der Waals surface area contributed by atoms with Crippen LogP contribution < -0.4 is 10.6 Å². The Morgan fingerprint density at radius 1 is 1.89 bits per heavy atom. The summed E-state index contributed by atoms with van der Waals surface area (Å²) >= 11 is 0. The van der Waals surface area contributed by atoms with Gasteiger partial charge >= 0.3 is 0 Å². The maximum Gasteiger partial charge on any atom is 0.106 e. The molecular formula is C5H9N3O. The van der Waals surface area contributed by atoms with Crippen LogP contribution in [0.1, 0.15) is 5.69 Å². The average Bonchev–Trinajstić information content (AvgIpc) is 2.33. The van der Waals surface area contributed by atoms with Crippen LogP contribution in [0.2, 0.25) is 0 Å². The monoisotopic (exact) mass is 127 g/mol. The minimum Gasteiger partial charge on any atom is -0.400 e. The molecule has 0 amide bonds. The second kappa shape index (κ2) is 2.50. The summed E-state index contributed by atoms with van der Waals surface area (Å²) in [6, 6.07) is 1.81. The van der Waals surface area contributed by atoms with E-state index in [1.807, 2.05) is 6.07 Å². The summed E-state index contributed by atoms with van der Waals surface area (Å²) in [7, 11) is 1.55. The second-order valence-corrected chi connectivity index (χ2v) is 1.58. The molecule has 0 bridgehead atoms. The van der Waals surface area contributed by atoms with Crippen LogP contribution in [0, 0.1) is 0 Å². The predicted molar refractivity (Wildman–Crippen MR) is 32.6 cm³/mol. The molecule has 0 spiro atoms. The molecule has 1 rings (SSSR count). The molecule has 0 saturated carbocycles. The predicted octanol–water partition coefficient (Wildman–Crippen LogP) is -0.600. The third-order valence-corrected chi connectivity index (χ3v) is 1.07. The van der Waals surface area contributed by atoms with Crippen molar-refractivity contribution in [1.82, 2.24) is 9.94 Å². The quantitative estimate of drug-likeness (QED) is 0.577. The third-order valence-electron chi connectivity index (χ3n) is 1.07. The van der Waals surface area contributed by atoms with Gasteiger partial charge in [0.25, 0.3) is 0 Å². The molecule has 0 fully saturated rings. The smallest absolute Gasteiger partial charge is 0.106 e. The maximum absolute atomic E-state index is 5.33. The van der Waals surface area contributed by atoms with Crippen molar-refractivity contribution in [3.8, 4) is 0 Å². The van der Waals surface area contributed by atoms with Gasteiger partial charge in [0, 0.05) is 6.54 Å². The lowest BCUT2D eigenvalue weighted by Gasteiger charge is -1.99. The van der Waals surface area contributed by atoms with E-state index in [2.05, 4.69) is 5.10 Å². The van der Waals surface area contributed by atoms with Gasteiger partial charge in [0.15, 0.2) is 0 Å². The van der Waals surface area contributed by atoms with E-state index in [1.165, 1.54) is 4.85 Å². The van der Waals surface area contributed by atoms with E-state index >= 15 is 0 Å². The summed E-state index contributed by atoms with van der Waals surface area (Å²) in [5.74, 6) is 0. The fraction of sp³-hybridized carbons (Fsp3) is 0.400. The molecule has 0 saturated heterocycles. The van der Waals surface area contributed by atoms with Gasteiger partial charge in [-0.25, -0.2) is 0 Å². The Kier molecular flexibility index (Phi) is 1.69. The summed E-state index contributed by atoms with van der Waals surface area (Å²) in [5, 5.41) is 3.82. The van der Waals surface area contributed by atoms with Crippen molar-refractivity contribution >= 4 is 0 Å². The van der Waals surface area contributed by atoms with Crippen molar-refractivity contribution in [2.45, 2.75) is 6.54 Å². The lowest BCUT2D eigenvalue weighted by atomic mass is 10.4. The molecular weight excluding hydrogens is 118 g/mol. The highest BCUT2D eigenvalue weighted by molar-refractivity contribution is 4.97. The van der Waals surface area contributed by atoms with Gasteiger partial charge in [0.05, 0.1) is 11.9 Å². The summed E-state index contributed by atoms with van der Waals surface area (Å²) in [4.78, 5) is 6.19. The molecule has 0 aliphatic carbocycles. The standard InChI is InChI=1S/C5H9N3O/c1-9-8-5(4-6)2-3-7-8/h2-3H,4,6H2,1H3. The Hall–Kier alpha value is -1.03. The van der Waals surface area contributed by atoms with Crippen molar-refractivity contribution < 1.29 is 4.84 Å². The lowest BCUT2D eigenvalue weighted by molar-refractivity contribution is 0.126. The van der Waals surface area contributed by atoms with Crippen LogP contribution in [0.25, 0.3) is 0 Å². The normalized spacial score (nSPS) is 9.56. The number of nitrogens with zero attached hydrogens (tertiary/aromatic N) is 2. The zero-order chi connectivity index (χ0) is 6.69. The first-order valence-corrected chi connectivity index (χ1v) is 2.66. The molecule has 9 heavy (non-hydrogen) atoms. The second-order valence-electron chi connectivity index (χ2n) is 1.58. The van der Waals surface area contributed by atoms with Crippen molar-refractivity contribution in [3.63, 3.8) is 0 Å². The van der Waals surface area contributed by atoms with Crippen LogP contribution in [-0.4, -0.2) is 17.1 Å². The van der Waals surface area contributed by atoms with Gasteiger partial charge in [-0.1, -0.05) is 0 Å². The summed E-state index contributed by atoms with van der Waals surface area (Å²) < 4.78 is 0. The topological polar surface area (TPSA) is 53.1 Å². The Morgan fingerprint density at radius 3 is 3.11 bits per heavy atom. The van der Waals surface area contributed by atoms with E-state index in [9.17, 15) is 0 Å². The van der Waals surface area contributed by atoms with E-state index in [0.29, 0.717) is 6.54 Å². The molecule has 50 valence electrons. The largest absolute Gasteiger partial charge is 0.400 e. The highest BCUT2D eigenvalue weighted by Gasteiger charge is 1.95. The van der Waals surface area contributed by atoms with Crippen LogP contribution in [-0.2, 0) is 6.54 Å². The van der Waals surface area contributed by atoms with Gasteiger partial charge < -0.3 is 10.6 Å². The number of rotatable bonds is 2. The van der Waals surface area contributed by atoms with Crippen LogP contribution in [0.5, 0.6) is 0 Å². The maximum atomic E-state index is 5.33. The van der Waals surface area contributed by atoms with E-state index in [0.717, 1.165) is 5.69 Å². The molecule has 0 unspecified atom stereocenters. The molecule has 0 aliphatic rings. The molecule has 0 aliphatic heterocycles. The van der Waals surface area contributed by atoms with E-state index in [4.69, 9.17) is 10.6 Å². The van der Waals surface area contributed by atoms with Gasteiger partial charge in [0.2, 0.25) is 0 Å². The highest BCUT2D eigenvalue weighted by Crippen LogP contribution is 1.92. The summed E-state index contributed by atoms with van der Waals surface area (Å²) in [6.45, 7) is 0.452. The number of hydrogen-bond donors (Lipinski definition) is 1. The molecule has 0 atom stereocenters. The fourth-order valence-electron chi connectivity index (χ4n) is 0.628. The molecule has 1 aromatic heterocycles. The van der Waals surface area contributed by atoms with E-state index in [1.54, 1.807) is 13.3 Å². The molecule has 4 nitrogen and oxygen atoms in total. The summed E-state index contributed by atoms with van der Waals surface area (Å²) in [6.07, 6.45) is 1.64. The zero-order valence-corrected chi connectivity index (χ0v) is 5.24. The minimum absolute atomic E-state index is 0.452. The SMILES string of the molecule is COn1nccc1CN. The zero-order valence-electron chi connectivity index (χ0n) is 5.24. The highest BCUT2D eigenvalue weighted by atomic mass is 16.7. The summed E-state index contributed by atoms with van der Waals surface area (Å²) in [5.41, 5.74) is 6.20. The average molecular weight is 127 g/mol. The van der Waals surface area contributed by atoms with Gasteiger partial charge in [-0.15, -0.1) is 9.94 Å². The Balaban J connectivity index is 2.85. The molecule has 1 aromatic rings. The van der Waals surface area contributed by atoms with Crippen molar-refractivity contribution in [1.29, 1.82) is 0 Å². The van der Waals surface area contributed by atoms with Gasteiger partial charge in [-0.3, -0.25) is 0 Å². The molecule has 1 heterocycles. The lowest BCUT2D eigenvalue weighted by Crippen LogP contribution is -2.13. The third kappa shape index (κ3) is 1.02. The first-order chi connectivity index (χ1) is 4.38. The fourth-order valence-corrected chi connectivity index (χ4v) is 0.628. The van der Waals surface area contributed by atoms with E-state index in [-0.39, 0.29) is 0 Å². The van der Waals surface area contributed by atoms with Gasteiger partial charge in [0.1, 0.15) is 7.11 Å². The number of nitrogens with two attached hydrogens (primary N) is 1. The number of aromatic nitrogens is 2. The van der Waals surface area contributed by atoms with Crippen molar-refractivity contribution in [2.24, 2.45) is 5.73 Å². The van der Waals surface area contributed by atoms with Crippen LogP contribution in [0.15, 0.2) is 12.3 Å². The van der Waals surface area contributed by atoms with Crippen molar-refractivity contribution in [2.75, 3.05) is 7.11 Å². The molecule has 4 heteroatoms. The van der Waals surface area contributed by atoms with Crippen molar-refractivity contribution in [3.05, 3.63) is 18.0 Å². The Morgan fingerprint density at radius 2 is 2.67 bits per heavy atom. The first-order valence-electron chi connectivity index (χ1n) is 2.66. The number of hydrogen-bond acceptors (Lipinski definition) is 3. The minimum atomic E-state index is 0.452. The van der Waals surface area contributed by atoms with Gasteiger partial charge in [-0.2, -0.15) is 0 Å². The first kappa shape index (κ1) is 6.10.